The number of carbonyl (C=O) groups is 3. The highest BCUT2D eigenvalue weighted by molar-refractivity contribution is 5.89. The Morgan fingerprint density at radius 2 is 1.11 bits per heavy atom. The largest absolute Gasteiger partial charge is 0.447 e. The predicted octanol–water partition coefficient (Wildman–Crippen LogP) is 3.98. The molecule has 208 valence electrons. The fourth-order valence-corrected chi connectivity index (χ4v) is 3.00. The summed E-state index contributed by atoms with van der Waals surface area (Å²) in [6, 6.07) is 10.7. The molecule has 0 aliphatic carbocycles. The van der Waals surface area contributed by atoms with Crippen molar-refractivity contribution in [1.82, 2.24) is 0 Å². The van der Waals surface area contributed by atoms with Gasteiger partial charge in [0, 0.05) is 17.1 Å². The maximum atomic E-state index is 12.1. The quantitative estimate of drug-likeness (QED) is 0.208. The number of carbonyl (C=O) groups excluding carboxylic acids is 3. The van der Waals surface area contributed by atoms with Crippen molar-refractivity contribution in [2.24, 2.45) is 0 Å². The highest BCUT2D eigenvalue weighted by Gasteiger charge is 2.10. The molecule has 12 heteroatoms. The number of ether oxygens (including phenoxy) is 5. The number of aliphatic hydroxyl groups excluding tert-OH is 1. The van der Waals surface area contributed by atoms with Crippen LogP contribution in [0.4, 0.5) is 31.4 Å². The van der Waals surface area contributed by atoms with Gasteiger partial charge in [0.2, 0.25) is 0 Å². The van der Waals surface area contributed by atoms with E-state index in [0.717, 1.165) is 16.7 Å². The van der Waals surface area contributed by atoms with E-state index in [4.69, 9.17) is 28.8 Å². The Labute approximate surface area is 221 Å². The number of hydrogen-bond donors (Lipinski definition) is 4. The number of benzene rings is 2. The third-order valence-electron chi connectivity index (χ3n) is 4.97. The molecule has 3 amide bonds. The number of amides is 3. The van der Waals surface area contributed by atoms with Gasteiger partial charge in [-0.25, -0.2) is 14.4 Å². The molecule has 4 N–H and O–H groups in total. The van der Waals surface area contributed by atoms with Crippen LogP contribution in [0.5, 0.6) is 0 Å². The first-order chi connectivity index (χ1) is 18.3. The molecule has 0 unspecified atom stereocenters. The van der Waals surface area contributed by atoms with Gasteiger partial charge >= 0.3 is 18.3 Å². The molecule has 0 saturated carbocycles. The first kappa shape index (κ1) is 30.4. The molecule has 0 spiro atoms. The molecule has 0 aliphatic heterocycles. The van der Waals surface area contributed by atoms with Gasteiger partial charge in [0.1, 0.15) is 19.8 Å². The lowest BCUT2D eigenvalue weighted by Gasteiger charge is -2.12. The summed E-state index contributed by atoms with van der Waals surface area (Å²) in [7, 11) is 0. The smallest absolute Gasteiger partial charge is 0.411 e. The molecule has 2 aromatic rings. The van der Waals surface area contributed by atoms with E-state index in [1.54, 1.807) is 25.1 Å². The molecular weight excluding hydrogens is 498 g/mol. The highest BCUT2D eigenvalue weighted by atomic mass is 16.6. The normalized spacial score (nSPS) is 10.4. The predicted molar refractivity (Wildman–Crippen MR) is 141 cm³/mol. The minimum Gasteiger partial charge on any atom is -0.447 e. The van der Waals surface area contributed by atoms with Gasteiger partial charge in [-0.3, -0.25) is 16.0 Å². The zero-order chi connectivity index (χ0) is 27.8. The first-order valence-corrected chi connectivity index (χ1v) is 12.0. The summed E-state index contributed by atoms with van der Waals surface area (Å²) in [5, 5.41) is 16.5. The zero-order valence-corrected chi connectivity index (χ0v) is 21.8. The second kappa shape index (κ2) is 16.8. The molecule has 0 bridgehead atoms. The van der Waals surface area contributed by atoms with Crippen molar-refractivity contribution in [1.29, 1.82) is 0 Å². The third-order valence-corrected chi connectivity index (χ3v) is 4.97. The summed E-state index contributed by atoms with van der Waals surface area (Å²) in [4.78, 5) is 35.9. The van der Waals surface area contributed by atoms with Crippen LogP contribution in [-0.4, -0.2) is 76.2 Å². The monoisotopic (exact) mass is 533 g/mol. The van der Waals surface area contributed by atoms with Gasteiger partial charge in [-0.1, -0.05) is 18.2 Å². The van der Waals surface area contributed by atoms with Gasteiger partial charge in [-0.2, -0.15) is 0 Å². The lowest BCUT2D eigenvalue weighted by molar-refractivity contribution is 0.0512. The van der Waals surface area contributed by atoms with Gasteiger partial charge in [-0.15, -0.1) is 0 Å². The number of nitrogens with one attached hydrogen (secondary N) is 3. The molecule has 0 heterocycles. The summed E-state index contributed by atoms with van der Waals surface area (Å²) < 4.78 is 25.5. The molecule has 2 rings (SSSR count). The summed E-state index contributed by atoms with van der Waals surface area (Å²) in [5.74, 6) is 0. The van der Waals surface area contributed by atoms with Crippen molar-refractivity contribution in [3.8, 4) is 0 Å². The Bertz CT molecular complexity index is 1060. The summed E-state index contributed by atoms with van der Waals surface area (Å²) >= 11 is 0. The molecule has 0 fully saturated rings. The van der Waals surface area contributed by atoms with Crippen molar-refractivity contribution >= 4 is 35.3 Å². The highest BCUT2D eigenvalue weighted by Crippen LogP contribution is 2.21. The van der Waals surface area contributed by atoms with Gasteiger partial charge < -0.3 is 28.8 Å². The van der Waals surface area contributed by atoms with E-state index in [1.807, 2.05) is 32.0 Å². The summed E-state index contributed by atoms with van der Waals surface area (Å²) in [6.07, 6.45) is -1.95. The molecule has 12 nitrogen and oxygen atoms in total. The van der Waals surface area contributed by atoms with Crippen molar-refractivity contribution in [2.45, 2.75) is 20.8 Å². The van der Waals surface area contributed by atoms with Crippen molar-refractivity contribution in [3.63, 3.8) is 0 Å². The van der Waals surface area contributed by atoms with Crippen LogP contribution in [0.1, 0.15) is 16.7 Å². The Kier molecular flexibility index (Phi) is 13.4. The number of anilines is 3. The molecule has 0 atom stereocenters. The van der Waals surface area contributed by atoms with E-state index >= 15 is 0 Å². The average molecular weight is 534 g/mol. The van der Waals surface area contributed by atoms with Crippen LogP contribution in [0.2, 0.25) is 0 Å². The van der Waals surface area contributed by atoms with Gasteiger partial charge in [0.15, 0.2) is 0 Å². The van der Waals surface area contributed by atoms with Crippen LogP contribution in [-0.2, 0) is 23.7 Å². The molecule has 0 saturated heterocycles. The Hall–Kier alpha value is -3.87. The molecule has 38 heavy (non-hydrogen) atoms. The summed E-state index contributed by atoms with van der Waals surface area (Å²) in [6.45, 7) is 6.16. The van der Waals surface area contributed by atoms with Crippen LogP contribution in [0.3, 0.4) is 0 Å². The van der Waals surface area contributed by atoms with Crippen LogP contribution >= 0.6 is 0 Å². The van der Waals surface area contributed by atoms with Crippen LogP contribution in [0.15, 0.2) is 36.4 Å². The SMILES string of the molecule is Cc1ccc(C)c(NC(=O)OCCOCCOC(=O)Nc2cc(NC(=O)OCCOCCO)ccc2C)c1. The van der Waals surface area contributed by atoms with E-state index in [9.17, 15) is 14.4 Å². The van der Waals surface area contributed by atoms with E-state index < -0.39 is 18.3 Å². The maximum Gasteiger partial charge on any atom is 0.411 e. The standard InChI is InChI=1S/C26H35N3O9/c1-18-4-5-19(2)22(16-18)28-25(32)37-14-11-35-12-15-38-26(33)29-23-17-21(7-6-20(23)3)27-24(31)36-13-10-34-9-8-30/h4-7,16-17,30H,8-15H2,1-3H3,(H,27,31)(H,28,32)(H,29,33). The van der Waals surface area contributed by atoms with Crippen molar-refractivity contribution in [2.75, 3.05) is 68.8 Å². The lowest BCUT2D eigenvalue weighted by atomic mass is 10.1. The second-order valence-corrected chi connectivity index (χ2v) is 8.08. The van der Waals surface area contributed by atoms with E-state index in [2.05, 4.69) is 16.0 Å². The number of aryl methyl sites for hydroxylation is 3. The Morgan fingerprint density at radius 1 is 0.632 bits per heavy atom. The number of hydrogen-bond acceptors (Lipinski definition) is 9. The minimum atomic E-state index is -0.693. The first-order valence-electron chi connectivity index (χ1n) is 12.0. The molecule has 0 radical (unpaired) electrons. The molecular formula is C26H35N3O9. The third kappa shape index (κ3) is 11.9. The summed E-state index contributed by atoms with van der Waals surface area (Å²) in [5.41, 5.74) is 4.26. The Morgan fingerprint density at radius 3 is 1.66 bits per heavy atom. The van der Waals surface area contributed by atoms with Gasteiger partial charge in [0.05, 0.1) is 33.0 Å². The lowest BCUT2D eigenvalue weighted by Crippen LogP contribution is -2.20. The zero-order valence-electron chi connectivity index (χ0n) is 21.8. The molecule has 0 aliphatic rings. The topological polar surface area (TPSA) is 154 Å². The van der Waals surface area contributed by atoms with Crippen LogP contribution in [0, 0.1) is 20.8 Å². The fraction of sp³-hybridized carbons (Fsp3) is 0.423. The second-order valence-electron chi connectivity index (χ2n) is 8.08. The van der Waals surface area contributed by atoms with Crippen molar-refractivity contribution < 1.29 is 43.2 Å². The van der Waals surface area contributed by atoms with Crippen LogP contribution < -0.4 is 16.0 Å². The van der Waals surface area contributed by atoms with E-state index in [-0.39, 0.29) is 52.9 Å². The molecule has 0 aromatic heterocycles. The van der Waals surface area contributed by atoms with Gasteiger partial charge in [-0.05, 0) is 55.7 Å². The minimum absolute atomic E-state index is 0.0117. The van der Waals surface area contributed by atoms with Gasteiger partial charge in [0.25, 0.3) is 0 Å². The average Bonchev–Trinajstić information content (AvgIpc) is 2.87. The van der Waals surface area contributed by atoms with E-state index in [1.165, 1.54) is 0 Å². The van der Waals surface area contributed by atoms with E-state index in [0.29, 0.717) is 17.1 Å². The van der Waals surface area contributed by atoms with Crippen LogP contribution in [0.25, 0.3) is 0 Å². The molecule has 2 aromatic carbocycles. The number of aliphatic hydroxyl groups is 1. The fourth-order valence-electron chi connectivity index (χ4n) is 3.00. The van der Waals surface area contributed by atoms with Crippen molar-refractivity contribution in [3.05, 3.63) is 53.1 Å². The Balaban J connectivity index is 1.61. The number of rotatable bonds is 14. The maximum absolute atomic E-state index is 12.1.